The summed E-state index contributed by atoms with van der Waals surface area (Å²) in [7, 11) is 0. The van der Waals surface area contributed by atoms with Gasteiger partial charge in [-0.25, -0.2) is 0 Å². The third-order valence-electron chi connectivity index (χ3n) is 10.5. The Hall–Kier alpha value is -2.71. The maximum Gasteiger partial charge on any atom is 0.246 e. The molecule has 0 radical (unpaired) electrons. The molecule has 2 bridgehead atoms. The molecular weight excluding hydrogens is 528 g/mol. The topological polar surface area (TPSA) is 91.0 Å². The zero-order valence-electron chi connectivity index (χ0n) is 25.5. The first-order valence-electron chi connectivity index (χ1n) is 16.4. The SMILES string of the molecule is CC1CCN(CCCN2C(=O)[C@@H]3[C@@H](C(=O)Nc4ccc(C(C)C)cc4)[C@@H]4C=C[C@@]3(O4)[C@H]2C(=O)NC2CCCCC2)CC1. The van der Waals surface area contributed by atoms with Gasteiger partial charge in [0.05, 0.1) is 17.9 Å². The molecule has 3 saturated heterocycles. The van der Waals surface area contributed by atoms with E-state index in [1.165, 1.54) is 24.8 Å². The summed E-state index contributed by atoms with van der Waals surface area (Å²) in [5.41, 5.74) is 0.797. The third-order valence-corrected chi connectivity index (χ3v) is 10.5. The van der Waals surface area contributed by atoms with E-state index in [0.717, 1.165) is 57.7 Å². The zero-order chi connectivity index (χ0) is 29.4. The van der Waals surface area contributed by atoms with E-state index < -0.39 is 29.6 Å². The van der Waals surface area contributed by atoms with Crippen molar-refractivity contribution in [2.45, 2.75) is 102 Å². The standard InChI is InChI=1S/C34H48N4O4/c1-22(2)24-10-12-26(13-11-24)35-31(39)28-27-14-17-34(42-27)29(28)33(41)38(19-7-18-37-20-15-23(3)16-21-37)30(34)32(40)36-25-8-5-4-6-9-25/h10-14,17,22-23,25,27-30H,4-9,15-16,18-21H2,1-3H3,(H,35,39)(H,36,40)/t27-,28-,29-,30+,34-/m0/s1. The van der Waals surface area contributed by atoms with Gasteiger partial charge in [0.15, 0.2) is 0 Å². The Morgan fingerprint density at radius 2 is 1.71 bits per heavy atom. The van der Waals surface area contributed by atoms with Crippen LogP contribution in [0.1, 0.15) is 83.6 Å². The minimum Gasteiger partial charge on any atom is -0.359 e. The average molecular weight is 577 g/mol. The van der Waals surface area contributed by atoms with Gasteiger partial charge < -0.3 is 25.2 Å². The van der Waals surface area contributed by atoms with Crippen molar-refractivity contribution in [2.24, 2.45) is 17.8 Å². The molecule has 4 fully saturated rings. The highest BCUT2D eigenvalue weighted by atomic mass is 16.5. The smallest absolute Gasteiger partial charge is 0.246 e. The number of ether oxygens (including phenoxy) is 1. The van der Waals surface area contributed by atoms with Gasteiger partial charge in [0.25, 0.3) is 0 Å². The normalized spacial score (nSPS) is 31.6. The van der Waals surface area contributed by atoms with Gasteiger partial charge in [0.2, 0.25) is 17.7 Å². The summed E-state index contributed by atoms with van der Waals surface area (Å²) in [6, 6.07) is 7.24. The first-order valence-corrected chi connectivity index (χ1v) is 16.4. The summed E-state index contributed by atoms with van der Waals surface area (Å²) in [5, 5.41) is 6.34. The predicted octanol–water partition coefficient (Wildman–Crippen LogP) is 4.47. The summed E-state index contributed by atoms with van der Waals surface area (Å²) in [5.74, 6) is -0.712. The lowest BCUT2D eigenvalue weighted by molar-refractivity contribution is -0.141. The van der Waals surface area contributed by atoms with E-state index in [0.29, 0.717) is 18.2 Å². The van der Waals surface area contributed by atoms with E-state index in [1.54, 1.807) is 4.90 Å². The molecule has 0 aromatic heterocycles. The number of piperidine rings is 1. The first-order chi connectivity index (χ1) is 20.3. The molecule has 3 amide bonds. The Bertz CT molecular complexity index is 1180. The lowest BCUT2D eigenvalue weighted by Gasteiger charge is -2.35. The number of nitrogens with zero attached hydrogens (tertiary/aromatic N) is 2. The van der Waals surface area contributed by atoms with Crippen molar-refractivity contribution in [3.63, 3.8) is 0 Å². The molecule has 1 aromatic carbocycles. The van der Waals surface area contributed by atoms with Crippen molar-refractivity contribution in [3.05, 3.63) is 42.0 Å². The summed E-state index contributed by atoms with van der Waals surface area (Å²) < 4.78 is 6.53. The van der Waals surface area contributed by atoms with Gasteiger partial charge in [0, 0.05) is 18.3 Å². The molecule has 4 heterocycles. The summed E-state index contributed by atoms with van der Waals surface area (Å²) in [4.78, 5) is 46.2. The fraction of sp³-hybridized carbons (Fsp3) is 0.676. The molecule has 5 atom stereocenters. The monoisotopic (exact) mass is 576 g/mol. The summed E-state index contributed by atoms with van der Waals surface area (Å²) in [6.45, 7) is 10.1. The van der Waals surface area contributed by atoms with Crippen molar-refractivity contribution in [1.82, 2.24) is 15.1 Å². The van der Waals surface area contributed by atoms with Crippen LogP contribution in [-0.2, 0) is 19.1 Å². The van der Waals surface area contributed by atoms with Gasteiger partial charge >= 0.3 is 0 Å². The van der Waals surface area contributed by atoms with Crippen molar-refractivity contribution in [2.75, 3.05) is 31.5 Å². The number of nitrogens with one attached hydrogen (secondary N) is 2. The summed E-state index contributed by atoms with van der Waals surface area (Å²) in [6.07, 6.45) is 11.9. The van der Waals surface area contributed by atoms with Crippen LogP contribution in [0.25, 0.3) is 0 Å². The fourth-order valence-corrected chi connectivity index (χ4v) is 7.96. The number of hydrogen-bond donors (Lipinski definition) is 2. The lowest BCUT2D eigenvalue weighted by Crippen LogP contribution is -2.56. The Morgan fingerprint density at radius 1 is 1.00 bits per heavy atom. The van der Waals surface area contributed by atoms with Crippen LogP contribution in [0.4, 0.5) is 5.69 Å². The number of carbonyl (C=O) groups excluding carboxylic acids is 3. The Balaban J connectivity index is 1.21. The second-order valence-electron chi connectivity index (χ2n) is 13.7. The van der Waals surface area contributed by atoms with E-state index in [1.807, 2.05) is 36.4 Å². The van der Waals surface area contributed by atoms with E-state index in [9.17, 15) is 14.4 Å². The quantitative estimate of drug-likeness (QED) is 0.424. The molecule has 42 heavy (non-hydrogen) atoms. The van der Waals surface area contributed by atoms with Crippen molar-refractivity contribution in [3.8, 4) is 0 Å². The Kier molecular flexibility index (Phi) is 8.47. The third kappa shape index (κ3) is 5.52. The van der Waals surface area contributed by atoms with Crippen LogP contribution in [0.2, 0.25) is 0 Å². The molecule has 1 aliphatic carbocycles. The highest BCUT2D eigenvalue weighted by Gasteiger charge is 2.72. The molecule has 8 nitrogen and oxygen atoms in total. The van der Waals surface area contributed by atoms with Crippen LogP contribution in [0.5, 0.6) is 0 Å². The van der Waals surface area contributed by atoms with Crippen LogP contribution in [0.15, 0.2) is 36.4 Å². The number of amides is 3. The molecule has 8 heteroatoms. The number of hydrogen-bond acceptors (Lipinski definition) is 5. The lowest BCUT2D eigenvalue weighted by atomic mass is 9.74. The second kappa shape index (κ2) is 12.1. The van der Waals surface area contributed by atoms with Crippen LogP contribution >= 0.6 is 0 Å². The van der Waals surface area contributed by atoms with E-state index in [2.05, 4.69) is 36.3 Å². The van der Waals surface area contributed by atoms with Gasteiger partial charge in [-0.1, -0.05) is 64.3 Å². The molecule has 1 spiro atoms. The van der Waals surface area contributed by atoms with Gasteiger partial charge in [0.1, 0.15) is 11.6 Å². The Morgan fingerprint density at radius 3 is 2.40 bits per heavy atom. The molecule has 1 aromatic rings. The minimum absolute atomic E-state index is 0.129. The van der Waals surface area contributed by atoms with Gasteiger partial charge in [-0.2, -0.15) is 0 Å². The average Bonchev–Trinajstić information content (AvgIpc) is 3.62. The van der Waals surface area contributed by atoms with Gasteiger partial charge in [-0.15, -0.1) is 0 Å². The number of rotatable bonds is 9. The number of fused-ring (bicyclic) bond motifs is 1. The van der Waals surface area contributed by atoms with Crippen LogP contribution in [0, 0.1) is 17.8 Å². The summed E-state index contributed by atoms with van der Waals surface area (Å²) >= 11 is 0. The number of likely N-dealkylation sites (tertiary alicyclic amines) is 2. The molecule has 6 rings (SSSR count). The van der Waals surface area contributed by atoms with Crippen molar-refractivity contribution in [1.29, 1.82) is 0 Å². The molecule has 228 valence electrons. The maximum absolute atomic E-state index is 14.2. The number of anilines is 1. The Labute approximate surface area is 250 Å². The van der Waals surface area contributed by atoms with Crippen LogP contribution < -0.4 is 10.6 Å². The number of benzene rings is 1. The second-order valence-corrected chi connectivity index (χ2v) is 13.7. The number of carbonyl (C=O) groups is 3. The van der Waals surface area contributed by atoms with Crippen LogP contribution in [-0.4, -0.2) is 77.5 Å². The van der Waals surface area contributed by atoms with Gasteiger partial charge in [-0.05, 0) is 81.3 Å². The first kappa shape index (κ1) is 29.4. The zero-order valence-corrected chi connectivity index (χ0v) is 25.5. The fourth-order valence-electron chi connectivity index (χ4n) is 7.96. The molecular formula is C34H48N4O4. The molecule has 0 unspecified atom stereocenters. The molecule has 4 aliphatic heterocycles. The molecule has 1 saturated carbocycles. The minimum atomic E-state index is -1.11. The molecule has 2 N–H and O–H groups in total. The van der Waals surface area contributed by atoms with Gasteiger partial charge in [-0.3, -0.25) is 14.4 Å². The predicted molar refractivity (Wildman–Crippen MR) is 163 cm³/mol. The largest absolute Gasteiger partial charge is 0.359 e. The van der Waals surface area contributed by atoms with Crippen molar-refractivity contribution >= 4 is 23.4 Å². The maximum atomic E-state index is 14.2. The van der Waals surface area contributed by atoms with Crippen LogP contribution in [0.3, 0.4) is 0 Å². The molecule has 5 aliphatic rings. The highest BCUT2D eigenvalue weighted by Crippen LogP contribution is 2.55. The van der Waals surface area contributed by atoms with E-state index >= 15 is 0 Å². The van der Waals surface area contributed by atoms with E-state index in [4.69, 9.17) is 4.74 Å². The highest BCUT2D eigenvalue weighted by molar-refractivity contribution is 6.02. The van der Waals surface area contributed by atoms with E-state index in [-0.39, 0.29) is 23.8 Å². The van der Waals surface area contributed by atoms with Crippen molar-refractivity contribution < 1.29 is 19.1 Å².